The van der Waals surface area contributed by atoms with Crippen LogP contribution in [0, 0.1) is 0 Å². The van der Waals surface area contributed by atoms with Crippen molar-refractivity contribution in [3.63, 3.8) is 0 Å². The summed E-state index contributed by atoms with van der Waals surface area (Å²) in [4.78, 5) is 0. The van der Waals surface area contributed by atoms with Crippen molar-refractivity contribution in [2.24, 2.45) is 5.73 Å². The fraction of sp³-hybridized carbons (Fsp3) is 0.455. The van der Waals surface area contributed by atoms with E-state index in [0.717, 1.165) is 12.1 Å². The Balaban J connectivity index is 0.00000361. The second-order valence-corrected chi connectivity index (χ2v) is 6.08. The molecule has 0 radical (unpaired) electrons. The Hall–Kier alpha value is -0.830. The fourth-order valence-corrected chi connectivity index (χ4v) is 2.02. The van der Waals surface area contributed by atoms with Crippen molar-refractivity contribution in [3.05, 3.63) is 35.4 Å². The van der Waals surface area contributed by atoms with Crippen LogP contribution in [0.4, 0.5) is 13.2 Å². The summed E-state index contributed by atoms with van der Waals surface area (Å²) >= 11 is 0. The minimum atomic E-state index is -4.45. The van der Waals surface area contributed by atoms with Crippen molar-refractivity contribution in [3.8, 4) is 0 Å². The van der Waals surface area contributed by atoms with E-state index in [2.05, 4.69) is 4.72 Å². The molecule has 0 bridgehead atoms. The molecule has 0 saturated heterocycles. The minimum Gasteiger partial charge on any atom is -0.323 e. The van der Waals surface area contributed by atoms with Gasteiger partial charge in [-0.3, -0.25) is 0 Å². The molecule has 0 amide bonds. The van der Waals surface area contributed by atoms with E-state index in [4.69, 9.17) is 5.73 Å². The molecular weight excluding hydrogens is 317 g/mol. The Morgan fingerprint density at radius 1 is 1.35 bits per heavy atom. The SMILES string of the molecule is CCS(=O)(=O)NCC(N)c1cccc(C(F)(F)F)c1.Cl. The number of sulfonamides is 1. The molecule has 0 saturated carbocycles. The van der Waals surface area contributed by atoms with Gasteiger partial charge in [0.1, 0.15) is 0 Å². The van der Waals surface area contributed by atoms with E-state index >= 15 is 0 Å². The number of rotatable bonds is 5. The quantitative estimate of drug-likeness (QED) is 0.867. The first-order valence-electron chi connectivity index (χ1n) is 5.56. The van der Waals surface area contributed by atoms with Crippen LogP contribution in [0.25, 0.3) is 0 Å². The van der Waals surface area contributed by atoms with Gasteiger partial charge in [0.2, 0.25) is 10.0 Å². The third-order valence-corrected chi connectivity index (χ3v) is 3.91. The Morgan fingerprint density at radius 2 is 1.95 bits per heavy atom. The molecule has 1 rings (SSSR count). The number of hydrogen-bond acceptors (Lipinski definition) is 3. The summed E-state index contributed by atoms with van der Waals surface area (Å²) in [5.74, 6) is -0.109. The number of benzene rings is 1. The van der Waals surface area contributed by atoms with Gasteiger partial charge in [0, 0.05) is 12.6 Å². The van der Waals surface area contributed by atoms with Gasteiger partial charge in [0.25, 0.3) is 0 Å². The van der Waals surface area contributed by atoms with Gasteiger partial charge in [-0.2, -0.15) is 13.2 Å². The van der Waals surface area contributed by atoms with Gasteiger partial charge in [0.15, 0.2) is 0 Å². The number of nitrogens with one attached hydrogen (secondary N) is 1. The Labute approximate surface area is 122 Å². The van der Waals surface area contributed by atoms with Crippen LogP contribution < -0.4 is 10.5 Å². The Bertz CT molecular complexity index is 535. The zero-order valence-electron chi connectivity index (χ0n) is 10.6. The molecule has 1 atom stereocenters. The van der Waals surface area contributed by atoms with Gasteiger partial charge in [-0.15, -0.1) is 12.4 Å². The average molecular weight is 333 g/mol. The van der Waals surface area contributed by atoms with Crippen LogP contribution >= 0.6 is 12.4 Å². The molecule has 0 aliphatic rings. The maximum atomic E-state index is 12.5. The van der Waals surface area contributed by atoms with Crippen LogP contribution in [0.15, 0.2) is 24.3 Å². The summed E-state index contributed by atoms with van der Waals surface area (Å²) in [6.07, 6.45) is -4.45. The molecule has 0 spiro atoms. The summed E-state index contributed by atoms with van der Waals surface area (Å²) in [7, 11) is -3.41. The van der Waals surface area contributed by atoms with Gasteiger partial charge < -0.3 is 5.73 Å². The number of halogens is 4. The maximum Gasteiger partial charge on any atom is 0.416 e. The highest BCUT2D eigenvalue weighted by Crippen LogP contribution is 2.30. The lowest BCUT2D eigenvalue weighted by Gasteiger charge is -2.15. The molecule has 0 aromatic heterocycles. The number of nitrogens with two attached hydrogens (primary N) is 1. The van der Waals surface area contributed by atoms with E-state index in [-0.39, 0.29) is 30.3 Å². The first-order chi connectivity index (χ1) is 8.65. The highest BCUT2D eigenvalue weighted by Gasteiger charge is 2.30. The summed E-state index contributed by atoms with van der Waals surface area (Å²) in [5, 5.41) is 0. The molecule has 1 unspecified atom stereocenters. The van der Waals surface area contributed by atoms with Crippen LogP contribution in [0.3, 0.4) is 0 Å². The highest BCUT2D eigenvalue weighted by atomic mass is 35.5. The normalized spacial score (nSPS) is 13.7. The topological polar surface area (TPSA) is 72.2 Å². The van der Waals surface area contributed by atoms with Crippen LogP contribution in [-0.4, -0.2) is 20.7 Å². The van der Waals surface area contributed by atoms with Crippen LogP contribution in [0.1, 0.15) is 24.1 Å². The first kappa shape index (κ1) is 19.2. The fourth-order valence-electron chi connectivity index (χ4n) is 1.38. The van der Waals surface area contributed by atoms with Gasteiger partial charge >= 0.3 is 6.18 Å². The monoisotopic (exact) mass is 332 g/mol. The van der Waals surface area contributed by atoms with Crippen molar-refractivity contribution in [2.75, 3.05) is 12.3 Å². The molecule has 1 aromatic rings. The van der Waals surface area contributed by atoms with Crippen molar-refractivity contribution in [1.29, 1.82) is 0 Å². The lowest BCUT2D eigenvalue weighted by Crippen LogP contribution is -2.33. The zero-order valence-corrected chi connectivity index (χ0v) is 12.3. The molecule has 0 aliphatic heterocycles. The van der Waals surface area contributed by atoms with Gasteiger partial charge in [-0.05, 0) is 24.6 Å². The molecule has 116 valence electrons. The van der Waals surface area contributed by atoms with Gasteiger partial charge in [0.05, 0.1) is 11.3 Å². The molecule has 20 heavy (non-hydrogen) atoms. The molecule has 4 nitrogen and oxygen atoms in total. The largest absolute Gasteiger partial charge is 0.416 e. The zero-order chi connectivity index (χ0) is 14.7. The second-order valence-electron chi connectivity index (χ2n) is 3.98. The predicted molar refractivity (Wildman–Crippen MR) is 73.1 cm³/mol. The van der Waals surface area contributed by atoms with E-state index < -0.39 is 27.8 Å². The molecule has 9 heteroatoms. The van der Waals surface area contributed by atoms with E-state index in [0.29, 0.717) is 0 Å². The Morgan fingerprint density at radius 3 is 2.45 bits per heavy atom. The Kier molecular flexibility index (Phi) is 6.96. The predicted octanol–water partition coefficient (Wildman–Crippen LogP) is 2.07. The summed E-state index contributed by atoms with van der Waals surface area (Å²) in [5.41, 5.74) is 5.10. The highest BCUT2D eigenvalue weighted by molar-refractivity contribution is 7.89. The second kappa shape index (κ2) is 7.26. The van der Waals surface area contributed by atoms with Crippen molar-refractivity contribution in [1.82, 2.24) is 4.72 Å². The van der Waals surface area contributed by atoms with Crippen molar-refractivity contribution in [2.45, 2.75) is 19.1 Å². The molecular formula is C11H16ClF3N2O2S. The van der Waals surface area contributed by atoms with Crippen LogP contribution in [0.5, 0.6) is 0 Å². The molecule has 0 heterocycles. The third kappa shape index (κ3) is 5.66. The molecule has 3 N–H and O–H groups in total. The van der Waals surface area contributed by atoms with Crippen LogP contribution in [-0.2, 0) is 16.2 Å². The van der Waals surface area contributed by atoms with E-state index in [1.54, 1.807) is 0 Å². The standard InChI is InChI=1S/C11H15F3N2O2S.ClH/c1-2-19(17,18)16-7-10(15)8-4-3-5-9(6-8)11(12,13)14;/h3-6,10,16H,2,7,15H2,1H3;1H. The molecule has 1 aromatic carbocycles. The molecule has 0 fully saturated rings. The first-order valence-corrected chi connectivity index (χ1v) is 7.21. The van der Waals surface area contributed by atoms with E-state index in [9.17, 15) is 21.6 Å². The van der Waals surface area contributed by atoms with E-state index in [1.165, 1.54) is 19.1 Å². The summed E-state index contributed by atoms with van der Waals surface area (Å²) < 4.78 is 62.2. The lowest BCUT2D eigenvalue weighted by molar-refractivity contribution is -0.137. The summed E-state index contributed by atoms with van der Waals surface area (Å²) in [6, 6.07) is 3.70. The number of hydrogen-bond donors (Lipinski definition) is 2. The number of alkyl halides is 3. The van der Waals surface area contributed by atoms with Gasteiger partial charge in [-0.25, -0.2) is 13.1 Å². The maximum absolute atomic E-state index is 12.5. The van der Waals surface area contributed by atoms with Crippen LogP contribution in [0.2, 0.25) is 0 Å². The van der Waals surface area contributed by atoms with Gasteiger partial charge in [-0.1, -0.05) is 12.1 Å². The smallest absolute Gasteiger partial charge is 0.323 e. The van der Waals surface area contributed by atoms with Crippen molar-refractivity contribution < 1.29 is 21.6 Å². The third-order valence-electron chi connectivity index (χ3n) is 2.55. The summed E-state index contributed by atoms with van der Waals surface area (Å²) in [6.45, 7) is 1.32. The molecule has 0 aliphatic carbocycles. The van der Waals surface area contributed by atoms with E-state index in [1.807, 2.05) is 0 Å². The minimum absolute atomic E-state index is 0. The lowest BCUT2D eigenvalue weighted by atomic mass is 10.0. The van der Waals surface area contributed by atoms with Crippen molar-refractivity contribution >= 4 is 22.4 Å². The average Bonchev–Trinajstić information content (AvgIpc) is 2.35.